The molecule has 0 radical (unpaired) electrons. The van der Waals surface area contributed by atoms with Crippen molar-refractivity contribution in [2.45, 2.75) is 123 Å². The zero-order valence-corrected chi connectivity index (χ0v) is 24.0. The Morgan fingerprint density at radius 1 is 1.00 bits per heavy atom. The van der Waals surface area contributed by atoms with Crippen LogP contribution in [0.25, 0.3) is 0 Å². The number of hydrogen-bond donors (Lipinski definition) is 0. The molecule has 6 rings (SSSR count). The van der Waals surface area contributed by atoms with E-state index in [-0.39, 0.29) is 23.1 Å². The second-order valence-corrected chi connectivity index (χ2v) is 14.7. The maximum absolute atomic E-state index is 12.8. The molecule has 37 heavy (non-hydrogen) atoms. The fourth-order valence-electron chi connectivity index (χ4n) is 10.6. The van der Waals surface area contributed by atoms with Crippen LogP contribution in [-0.4, -0.2) is 23.8 Å². The van der Waals surface area contributed by atoms with Crippen molar-refractivity contribution in [1.29, 1.82) is 0 Å². The van der Waals surface area contributed by atoms with Crippen LogP contribution in [0.4, 0.5) is 0 Å². The summed E-state index contributed by atoms with van der Waals surface area (Å²) in [5.41, 5.74) is 1.36. The minimum atomic E-state index is -0.176. The predicted molar refractivity (Wildman–Crippen MR) is 148 cm³/mol. The number of fused-ring (bicyclic) bond motifs is 4. The molecule has 1 aromatic carbocycles. The number of carbonyl (C=O) groups excluding carboxylic acids is 1. The summed E-state index contributed by atoms with van der Waals surface area (Å²) in [7, 11) is 0. The van der Waals surface area contributed by atoms with E-state index >= 15 is 0 Å². The van der Waals surface area contributed by atoms with Gasteiger partial charge in [0.15, 0.2) is 0 Å². The number of esters is 1. The lowest BCUT2D eigenvalue weighted by atomic mass is 9.44. The Hall–Kier alpha value is -1.35. The number of ether oxygens (including phenoxy) is 2. The highest BCUT2D eigenvalue weighted by Gasteiger charge is 2.76. The molecule has 5 aliphatic rings. The van der Waals surface area contributed by atoms with Crippen molar-refractivity contribution in [3.05, 3.63) is 35.9 Å². The monoisotopic (exact) mass is 506 g/mol. The molecular formula is C34H50O3. The number of epoxide rings is 1. The number of benzene rings is 1. The van der Waals surface area contributed by atoms with E-state index in [2.05, 4.69) is 34.6 Å². The van der Waals surface area contributed by atoms with Gasteiger partial charge in [-0.05, 0) is 98.0 Å². The normalized spacial score (nSPS) is 44.8. The van der Waals surface area contributed by atoms with Crippen molar-refractivity contribution in [3.8, 4) is 0 Å². The highest BCUT2D eigenvalue weighted by Crippen LogP contribution is 2.74. The minimum absolute atomic E-state index is 0.0151. The van der Waals surface area contributed by atoms with Gasteiger partial charge in [0.2, 0.25) is 0 Å². The Morgan fingerprint density at radius 3 is 2.54 bits per heavy atom. The molecule has 0 aromatic heterocycles. The molecule has 0 unspecified atom stereocenters. The summed E-state index contributed by atoms with van der Waals surface area (Å²) in [6.07, 6.45) is 14.5. The molecule has 1 aliphatic heterocycles. The third-order valence-corrected chi connectivity index (χ3v) is 12.5. The van der Waals surface area contributed by atoms with E-state index in [0.29, 0.717) is 17.1 Å². The van der Waals surface area contributed by atoms with Crippen molar-refractivity contribution in [2.24, 2.45) is 46.3 Å². The highest BCUT2D eigenvalue weighted by molar-refractivity contribution is 5.89. The molecule has 0 N–H and O–H groups in total. The van der Waals surface area contributed by atoms with Gasteiger partial charge < -0.3 is 9.47 Å². The quantitative estimate of drug-likeness (QED) is 0.275. The van der Waals surface area contributed by atoms with Crippen molar-refractivity contribution < 1.29 is 14.3 Å². The molecule has 0 amide bonds. The van der Waals surface area contributed by atoms with Crippen LogP contribution in [0, 0.1) is 46.3 Å². The van der Waals surface area contributed by atoms with Gasteiger partial charge in [0.05, 0.1) is 11.7 Å². The summed E-state index contributed by atoms with van der Waals surface area (Å²) in [6.45, 7) is 12.5. The fourth-order valence-corrected chi connectivity index (χ4v) is 10.6. The van der Waals surface area contributed by atoms with Crippen LogP contribution in [0.15, 0.2) is 30.3 Å². The molecule has 3 nitrogen and oxygen atoms in total. The van der Waals surface area contributed by atoms with Crippen molar-refractivity contribution in [1.82, 2.24) is 0 Å². The molecule has 5 fully saturated rings. The lowest BCUT2D eigenvalue weighted by Crippen LogP contribution is -2.59. The van der Waals surface area contributed by atoms with E-state index in [9.17, 15) is 4.79 Å². The second-order valence-electron chi connectivity index (χ2n) is 14.7. The summed E-state index contributed by atoms with van der Waals surface area (Å²) < 4.78 is 12.8. The number of hydrogen-bond acceptors (Lipinski definition) is 3. The first-order chi connectivity index (χ1) is 17.7. The van der Waals surface area contributed by atoms with Crippen LogP contribution < -0.4 is 0 Å². The van der Waals surface area contributed by atoms with E-state index in [1.807, 2.05) is 30.3 Å². The van der Waals surface area contributed by atoms with E-state index in [1.54, 1.807) is 0 Å². The third-order valence-electron chi connectivity index (χ3n) is 12.5. The average molecular weight is 507 g/mol. The van der Waals surface area contributed by atoms with Gasteiger partial charge in [0, 0.05) is 11.8 Å². The van der Waals surface area contributed by atoms with Crippen LogP contribution >= 0.6 is 0 Å². The van der Waals surface area contributed by atoms with Crippen LogP contribution in [0.1, 0.15) is 116 Å². The van der Waals surface area contributed by atoms with Gasteiger partial charge in [0.1, 0.15) is 11.7 Å². The van der Waals surface area contributed by atoms with Crippen molar-refractivity contribution in [2.75, 3.05) is 0 Å². The van der Waals surface area contributed by atoms with E-state index in [4.69, 9.17) is 9.47 Å². The van der Waals surface area contributed by atoms with E-state index in [0.717, 1.165) is 54.8 Å². The summed E-state index contributed by atoms with van der Waals surface area (Å²) in [5, 5.41) is 0. The molecule has 10 atom stereocenters. The number of rotatable bonds is 7. The largest absolute Gasteiger partial charge is 0.459 e. The lowest BCUT2D eigenvalue weighted by molar-refractivity contribution is -0.118. The molecule has 4 saturated carbocycles. The number of carbonyl (C=O) groups is 1. The molecule has 1 heterocycles. The Labute approximate surface area is 225 Å². The van der Waals surface area contributed by atoms with Gasteiger partial charge in [-0.15, -0.1) is 0 Å². The van der Waals surface area contributed by atoms with Crippen molar-refractivity contribution in [3.63, 3.8) is 0 Å². The Balaban J connectivity index is 1.14. The zero-order chi connectivity index (χ0) is 26.0. The summed E-state index contributed by atoms with van der Waals surface area (Å²) in [4.78, 5) is 12.8. The highest BCUT2D eigenvalue weighted by atomic mass is 16.6. The van der Waals surface area contributed by atoms with Gasteiger partial charge >= 0.3 is 5.97 Å². The molecular weight excluding hydrogens is 456 g/mol. The molecule has 1 spiro atoms. The Morgan fingerprint density at radius 2 is 1.78 bits per heavy atom. The van der Waals surface area contributed by atoms with Gasteiger partial charge in [-0.3, -0.25) is 0 Å². The van der Waals surface area contributed by atoms with Crippen LogP contribution in [0.5, 0.6) is 0 Å². The average Bonchev–Trinajstić information content (AvgIpc) is 3.45. The maximum atomic E-state index is 12.8. The minimum Gasteiger partial charge on any atom is -0.459 e. The van der Waals surface area contributed by atoms with Crippen LogP contribution in [0.2, 0.25) is 0 Å². The van der Waals surface area contributed by atoms with Crippen molar-refractivity contribution >= 4 is 5.97 Å². The topological polar surface area (TPSA) is 38.8 Å². The third kappa shape index (κ3) is 4.12. The first kappa shape index (κ1) is 25.9. The van der Waals surface area contributed by atoms with Gasteiger partial charge in [0.25, 0.3) is 0 Å². The Kier molecular flexibility index (Phi) is 6.57. The standard InChI is InChI=1S/C34H50O3/c1-22(2)10-9-11-23(3)27-14-15-28-26-20-30-34(37-30)21-25(36-31(35)24-12-7-6-8-13-24)16-19-33(34,5)29(26)17-18-32(27,28)4/h6-8,12-13,22-23,25-30H,9-11,14-21H2,1-5H3/t23-,25+,26-,27-,28-,29+,30+,32+,33+,34-/m1/s1. The van der Waals surface area contributed by atoms with Gasteiger partial charge in [-0.25, -0.2) is 4.79 Å². The zero-order valence-electron chi connectivity index (χ0n) is 24.0. The Bertz CT molecular complexity index is 988. The first-order valence-electron chi connectivity index (χ1n) is 15.6. The lowest BCUT2D eigenvalue weighted by Gasteiger charge is -2.59. The predicted octanol–water partition coefficient (Wildman–Crippen LogP) is 8.46. The first-order valence-corrected chi connectivity index (χ1v) is 15.6. The molecule has 1 aromatic rings. The smallest absolute Gasteiger partial charge is 0.338 e. The summed E-state index contributed by atoms with van der Waals surface area (Å²) >= 11 is 0. The SMILES string of the molecule is CC(C)CCC[C@@H](C)[C@H]1CC[C@@H]2[C@H]3C[C@@H]4O[C@]45C[C@@H](OC(=O)c4ccccc4)CC[C@@]5(C)[C@H]3CC[C@]21C. The maximum Gasteiger partial charge on any atom is 0.338 e. The van der Waals surface area contributed by atoms with Gasteiger partial charge in [-0.1, -0.05) is 72.1 Å². The second kappa shape index (κ2) is 9.39. The summed E-state index contributed by atoms with van der Waals surface area (Å²) in [6, 6.07) is 9.47. The van der Waals surface area contributed by atoms with E-state index < -0.39 is 0 Å². The molecule has 0 bridgehead atoms. The fraction of sp³-hybridized carbons (Fsp3) is 0.794. The molecule has 4 aliphatic carbocycles. The van der Waals surface area contributed by atoms with Crippen LogP contribution in [0.3, 0.4) is 0 Å². The molecule has 3 heteroatoms. The van der Waals surface area contributed by atoms with Crippen LogP contribution in [-0.2, 0) is 9.47 Å². The molecule has 204 valence electrons. The summed E-state index contributed by atoms with van der Waals surface area (Å²) in [5.74, 6) is 4.87. The molecule has 1 saturated heterocycles. The van der Waals surface area contributed by atoms with E-state index in [1.165, 1.54) is 51.4 Å². The van der Waals surface area contributed by atoms with Gasteiger partial charge in [-0.2, -0.15) is 0 Å².